The van der Waals surface area contributed by atoms with Gasteiger partial charge in [-0.25, -0.2) is 4.79 Å². The lowest BCUT2D eigenvalue weighted by molar-refractivity contribution is 0.0500. The SMILES string of the molecule is CCCOC(=O)c1csnc1[O]. The maximum atomic E-state index is 11.0. The van der Waals surface area contributed by atoms with E-state index >= 15 is 0 Å². The van der Waals surface area contributed by atoms with Crippen LogP contribution in [0, 0.1) is 0 Å². The highest BCUT2D eigenvalue weighted by Crippen LogP contribution is 2.18. The lowest BCUT2D eigenvalue weighted by Crippen LogP contribution is -2.04. The monoisotopic (exact) mass is 186 g/mol. The number of carbonyl (C=O) groups is 1. The molecular formula is C7H8NO3S. The molecule has 0 saturated carbocycles. The van der Waals surface area contributed by atoms with Gasteiger partial charge in [0.1, 0.15) is 5.56 Å². The highest BCUT2D eigenvalue weighted by Gasteiger charge is 2.15. The predicted molar refractivity (Wildman–Crippen MR) is 42.8 cm³/mol. The van der Waals surface area contributed by atoms with Crippen molar-refractivity contribution in [3.8, 4) is 5.88 Å². The first kappa shape index (κ1) is 8.99. The zero-order chi connectivity index (χ0) is 8.97. The van der Waals surface area contributed by atoms with E-state index in [0.29, 0.717) is 6.61 Å². The lowest BCUT2D eigenvalue weighted by atomic mass is 10.3. The van der Waals surface area contributed by atoms with E-state index in [9.17, 15) is 9.90 Å². The number of hydrogen-bond acceptors (Lipinski definition) is 4. The second-order valence-electron chi connectivity index (χ2n) is 2.17. The molecule has 0 aromatic carbocycles. The number of carbonyl (C=O) groups excluding carboxylic acids is 1. The molecule has 5 heteroatoms. The molecule has 1 radical (unpaired) electrons. The molecule has 1 aromatic rings. The average Bonchev–Trinajstić information content (AvgIpc) is 2.47. The Morgan fingerprint density at radius 3 is 3.00 bits per heavy atom. The molecule has 0 amide bonds. The Labute approximate surface area is 74.0 Å². The smallest absolute Gasteiger partial charge is 0.344 e. The van der Waals surface area contributed by atoms with Crippen LogP contribution >= 0.6 is 11.5 Å². The molecule has 0 fully saturated rings. The molecule has 65 valence electrons. The van der Waals surface area contributed by atoms with Crippen molar-refractivity contribution in [3.05, 3.63) is 10.9 Å². The molecule has 0 spiro atoms. The van der Waals surface area contributed by atoms with Crippen molar-refractivity contribution in [3.63, 3.8) is 0 Å². The van der Waals surface area contributed by atoms with E-state index in [0.717, 1.165) is 18.0 Å². The molecule has 12 heavy (non-hydrogen) atoms. The fraction of sp³-hybridized carbons (Fsp3) is 0.429. The van der Waals surface area contributed by atoms with E-state index in [2.05, 4.69) is 4.37 Å². The number of aromatic nitrogens is 1. The van der Waals surface area contributed by atoms with Gasteiger partial charge in [-0.2, -0.15) is 4.37 Å². The van der Waals surface area contributed by atoms with Crippen molar-refractivity contribution in [1.29, 1.82) is 0 Å². The van der Waals surface area contributed by atoms with Gasteiger partial charge in [0.2, 0.25) is 0 Å². The Balaban J connectivity index is 2.59. The summed E-state index contributed by atoms with van der Waals surface area (Å²) in [6.07, 6.45) is 0.748. The average molecular weight is 186 g/mol. The van der Waals surface area contributed by atoms with Crippen LogP contribution in [0.2, 0.25) is 0 Å². The van der Waals surface area contributed by atoms with Gasteiger partial charge in [-0.1, -0.05) is 6.92 Å². The van der Waals surface area contributed by atoms with E-state index < -0.39 is 11.8 Å². The van der Waals surface area contributed by atoms with Crippen LogP contribution < -0.4 is 0 Å². The van der Waals surface area contributed by atoms with Crippen LogP contribution in [-0.2, 0) is 9.84 Å². The summed E-state index contributed by atoms with van der Waals surface area (Å²) < 4.78 is 8.18. The fourth-order valence-electron chi connectivity index (χ4n) is 0.634. The maximum absolute atomic E-state index is 11.0. The summed E-state index contributed by atoms with van der Waals surface area (Å²) in [6, 6.07) is 0. The predicted octanol–water partition coefficient (Wildman–Crippen LogP) is 1.85. The molecule has 0 bridgehead atoms. The third-order valence-electron chi connectivity index (χ3n) is 1.19. The van der Waals surface area contributed by atoms with Crippen molar-refractivity contribution in [2.24, 2.45) is 0 Å². The van der Waals surface area contributed by atoms with E-state index in [-0.39, 0.29) is 5.56 Å². The highest BCUT2D eigenvalue weighted by molar-refractivity contribution is 7.04. The molecule has 1 aromatic heterocycles. The second kappa shape index (κ2) is 4.06. The normalized spacial score (nSPS) is 9.75. The summed E-state index contributed by atoms with van der Waals surface area (Å²) in [7, 11) is 0. The van der Waals surface area contributed by atoms with Crippen LogP contribution in [0.4, 0.5) is 0 Å². The standard InChI is InChI=1S/C7H8NO3S/c1-2-3-11-7(10)5-4-12-8-6(5)9/h4H,2-3H2,1H3. The zero-order valence-electron chi connectivity index (χ0n) is 6.57. The molecule has 0 aliphatic rings. The molecule has 1 heterocycles. The largest absolute Gasteiger partial charge is 0.462 e. The third kappa shape index (κ3) is 1.94. The summed E-state index contributed by atoms with van der Waals surface area (Å²) in [4.78, 5) is 11.0. The third-order valence-corrected chi connectivity index (χ3v) is 1.81. The molecule has 0 aliphatic carbocycles. The minimum absolute atomic E-state index is 0.0356. The Kier molecular flexibility index (Phi) is 3.04. The number of hydrogen-bond donors (Lipinski definition) is 0. The Morgan fingerprint density at radius 1 is 1.75 bits per heavy atom. The van der Waals surface area contributed by atoms with Gasteiger partial charge in [0.25, 0.3) is 5.88 Å². The van der Waals surface area contributed by atoms with Crippen LogP contribution in [0.1, 0.15) is 23.7 Å². The van der Waals surface area contributed by atoms with Gasteiger partial charge in [-0.15, -0.1) is 0 Å². The topological polar surface area (TPSA) is 59.1 Å². The second-order valence-corrected chi connectivity index (χ2v) is 2.80. The molecule has 0 unspecified atom stereocenters. The van der Waals surface area contributed by atoms with Crippen LogP contribution in [-0.4, -0.2) is 16.9 Å². The highest BCUT2D eigenvalue weighted by atomic mass is 32.1. The molecule has 1 rings (SSSR count). The van der Waals surface area contributed by atoms with Gasteiger partial charge in [0, 0.05) is 5.38 Å². The summed E-state index contributed by atoms with van der Waals surface area (Å²) >= 11 is 0.965. The summed E-state index contributed by atoms with van der Waals surface area (Å²) in [6.45, 7) is 2.23. The molecule has 0 atom stereocenters. The lowest BCUT2D eigenvalue weighted by Gasteiger charge is -1.98. The van der Waals surface area contributed by atoms with Gasteiger partial charge < -0.3 is 4.74 Å². The Morgan fingerprint density at radius 2 is 2.50 bits per heavy atom. The fourth-order valence-corrected chi connectivity index (χ4v) is 1.18. The van der Waals surface area contributed by atoms with E-state index in [1.54, 1.807) is 0 Å². The van der Waals surface area contributed by atoms with Crippen molar-refractivity contribution in [2.75, 3.05) is 6.61 Å². The summed E-state index contributed by atoms with van der Waals surface area (Å²) in [5.74, 6) is -1.07. The molecule has 4 nitrogen and oxygen atoms in total. The first-order valence-electron chi connectivity index (χ1n) is 3.54. The van der Waals surface area contributed by atoms with Crippen LogP contribution in [0.25, 0.3) is 0 Å². The van der Waals surface area contributed by atoms with Crippen molar-refractivity contribution >= 4 is 17.5 Å². The van der Waals surface area contributed by atoms with E-state index in [1.165, 1.54) is 5.38 Å². The summed E-state index contributed by atoms with van der Waals surface area (Å²) in [5, 5.41) is 12.2. The van der Waals surface area contributed by atoms with Gasteiger partial charge in [0.15, 0.2) is 0 Å². The van der Waals surface area contributed by atoms with E-state index in [4.69, 9.17) is 4.74 Å². The first-order valence-corrected chi connectivity index (χ1v) is 4.38. The van der Waals surface area contributed by atoms with Gasteiger partial charge >= 0.3 is 5.97 Å². The molecule has 0 N–H and O–H groups in total. The minimum atomic E-state index is -0.574. The number of esters is 1. The Bertz CT molecular complexity index is 271. The van der Waals surface area contributed by atoms with Gasteiger partial charge in [-0.3, -0.25) is 5.11 Å². The van der Waals surface area contributed by atoms with Crippen molar-refractivity contribution < 1.29 is 14.6 Å². The molecule has 0 aliphatic heterocycles. The van der Waals surface area contributed by atoms with E-state index in [1.807, 2.05) is 6.92 Å². The van der Waals surface area contributed by atoms with Crippen molar-refractivity contribution in [1.82, 2.24) is 4.37 Å². The minimum Gasteiger partial charge on any atom is -0.462 e. The number of rotatable bonds is 3. The molecular weight excluding hydrogens is 178 g/mol. The van der Waals surface area contributed by atoms with Gasteiger partial charge in [-0.05, 0) is 18.0 Å². The zero-order valence-corrected chi connectivity index (χ0v) is 7.39. The van der Waals surface area contributed by atoms with Crippen LogP contribution in [0.15, 0.2) is 5.38 Å². The molecule has 0 saturated heterocycles. The maximum Gasteiger partial charge on any atom is 0.344 e. The quantitative estimate of drug-likeness (QED) is 0.677. The first-order chi connectivity index (χ1) is 5.75. The summed E-state index contributed by atoms with van der Waals surface area (Å²) in [5.41, 5.74) is 0.0356. The Hall–Kier alpha value is -1.10. The van der Waals surface area contributed by atoms with Crippen LogP contribution in [0.5, 0.6) is 5.88 Å². The number of ether oxygens (including phenoxy) is 1. The number of nitrogens with zero attached hydrogens (tertiary/aromatic N) is 1. The van der Waals surface area contributed by atoms with Crippen LogP contribution in [0.3, 0.4) is 0 Å². The van der Waals surface area contributed by atoms with Crippen molar-refractivity contribution in [2.45, 2.75) is 13.3 Å². The van der Waals surface area contributed by atoms with Gasteiger partial charge in [0.05, 0.1) is 6.61 Å².